The van der Waals surface area contributed by atoms with E-state index in [1.54, 1.807) is 42.5 Å². The number of hydrogen-bond acceptors (Lipinski definition) is 6. The lowest BCUT2D eigenvalue weighted by Gasteiger charge is -2.32. The van der Waals surface area contributed by atoms with Gasteiger partial charge in [-0.2, -0.15) is 0 Å². The van der Waals surface area contributed by atoms with Gasteiger partial charge in [0.25, 0.3) is 0 Å². The van der Waals surface area contributed by atoms with Crippen molar-refractivity contribution >= 4 is 40.6 Å². The zero-order valence-corrected chi connectivity index (χ0v) is 23.8. The van der Waals surface area contributed by atoms with Crippen molar-refractivity contribution in [3.63, 3.8) is 0 Å². The Kier molecular flexibility index (Phi) is 9.21. The van der Waals surface area contributed by atoms with E-state index in [0.29, 0.717) is 24.3 Å². The van der Waals surface area contributed by atoms with Crippen LogP contribution in [0.25, 0.3) is 10.4 Å². The minimum absolute atomic E-state index is 0.0237. The first kappa shape index (κ1) is 28.8. The average molecular weight is 562 g/mol. The van der Waals surface area contributed by atoms with Gasteiger partial charge in [0.2, 0.25) is 17.7 Å². The molecular formula is C30H35N5O4S. The van der Waals surface area contributed by atoms with Gasteiger partial charge in [0.15, 0.2) is 0 Å². The molecule has 1 aromatic heterocycles. The fourth-order valence-electron chi connectivity index (χ4n) is 4.62. The van der Waals surface area contributed by atoms with E-state index in [9.17, 15) is 14.4 Å². The fourth-order valence-corrected chi connectivity index (χ4v) is 5.51. The first-order valence-electron chi connectivity index (χ1n) is 13.3. The van der Waals surface area contributed by atoms with Crippen LogP contribution in [0.15, 0.2) is 54.6 Å². The van der Waals surface area contributed by atoms with E-state index in [2.05, 4.69) is 29.7 Å². The molecule has 4 rings (SSSR count). The lowest BCUT2D eigenvalue weighted by atomic mass is 10.0. The number of nitrogens with two attached hydrogens (primary N) is 1. The van der Waals surface area contributed by atoms with Gasteiger partial charge in [0.05, 0.1) is 6.04 Å². The monoisotopic (exact) mass is 561 g/mol. The van der Waals surface area contributed by atoms with Crippen molar-refractivity contribution in [3.8, 4) is 16.2 Å². The molecule has 0 bridgehead atoms. The molecule has 0 spiro atoms. The zero-order chi connectivity index (χ0) is 28.8. The van der Waals surface area contributed by atoms with Gasteiger partial charge < -0.3 is 26.0 Å². The van der Waals surface area contributed by atoms with E-state index in [1.165, 1.54) is 4.88 Å². The van der Waals surface area contributed by atoms with Gasteiger partial charge in [-0.1, -0.05) is 6.07 Å². The molecule has 10 heteroatoms. The molecule has 3 aromatic rings. The summed E-state index contributed by atoms with van der Waals surface area (Å²) in [5.41, 5.74) is 8.38. The van der Waals surface area contributed by atoms with Crippen LogP contribution < -0.4 is 21.1 Å². The molecule has 1 atom stereocenters. The van der Waals surface area contributed by atoms with Crippen LogP contribution in [0.3, 0.4) is 0 Å². The van der Waals surface area contributed by atoms with Crippen LogP contribution in [-0.4, -0.2) is 47.7 Å². The van der Waals surface area contributed by atoms with E-state index in [4.69, 9.17) is 15.9 Å². The van der Waals surface area contributed by atoms with E-state index in [0.717, 1.165) is 34.6 Å². The zero-order valence-electron chi connectivity index (χ0n) is 23.0. The molecule has 210 valence electrons. The highest BCUT2D eigenvalue weighted by atomic mass is 32.1. The van der Waals surface area contributed by atoms with Crippen molar-refractivity contribution in [2.75, 3.05) is 18.4 Å². The number of carbonyl (C=O) groups excluding carboxylic acids is 3. The number of nitrogen functional groups attached to an aromatic ring is 1. The Morgan fingerprint density at radius 1 is 1.07 bits per heavy atom. The van der Waals surface area contributed by atoms with Gasteiger partial charge in [-0.25, -0.2) is 0 Å². The topological polar surface area (TPSA) is 138 Å². The lowest BCUT2D eigenvalue weighted by molar-refractivity contribution is -0.130. The van der Waals surface area contributed by atoms with Crippen LogP contribution in [-0.2, 0) is 14.4 Å². The minimum Gasteiger partial charge on any atom is -0.490 e. The number of carbonyl (C=O) groups is 3. The summed E-state index contributed by atoms with van der Waals surface area (Å²) in [6.07, 6.45) is 1.26. The molecule has 1 aliphatic heterocycles. The number of hydrogen-bond donors (Lipinski definition) is 4. The predicted molar refractivity (Wildman–Crippen MR) is 158 cm³/mol. The van der Waals surface area contributed by atoms with Crippen molar-refractivity contribution in [2.24, 2.45) is 5.73 Å². The van der Waals surface area contributed by atoms with Crippen LogP contribution in [0.1, 0.15) is 55.2 Å². The quantitative estimate of drug-likeness (QED) is 0.172. The van der Waals surface area contributed by atoms with E-state index < -0.39 is 11.8 Å². The van der Waals surface area contributed by atoms with Gasteiger partial charge >= 0.3 is 0 Å². The van der Waals surface area contributed by atoms with E-state index in [-0.39, 0.29) is 30.3 Å². The predicted octanol–water partition coefficient (Wildman–Crippen LogP) is 4.60. The Morgan fingerprint density at radius 2 is 1.77 bits per heavy atom. The number of likely N-dealkylation sites (tertiary alicyclic amines) is 1. The third-order valence-corrected chi connectivity index (χ3v) is 7.90. The number of ether oxygens (including phenoxy) is 1. The number of anilines is 1. The summed E-state index contributed by atoms with van der Waals surface area (Å²) in [7, 11) is 0. The molecule has 9 nitrogen and oxygen atoms in total. The molecular weight excluding hydrogens is 526 g/mol. The molecule has 0 radical (unpaired) electrons. The standard InChI is InChI=1S/C30H35N5O4S/c1-18-4-11-27(40-18)25-16-22(7-10-26(25)39-24-12-14-35(15-13-24)20(3)36)19(2)33-28(37)17-29(38)34-23-8-5-21(6-9-23)30(31)32/h4-11,16,19,24H,12-15,17H2,1-3H3,(H3,31,32)(H,33,37)(H,34,38). The van der Waals surface area contributed by atoms with Crippen LogP contribution in [0.2, 0.25) is 0 Å². The normalized spacial score (nSPS) is 14.3. The summed E-state index contributed by atoms with van der Waals surface area (Å²) in [6, 6.07) is 16.3. The minimum atomic E-state index is -0.436. The highest BCUT2D eigenvalue weighted by Crippen LogP contribution is 2.38. The van der Waals surface area contributed by atoms with Crippen LogP contribution in [0, 0.1) is 12.3 Å². The largest absolute Gasteiger partial charge is 0.490 e. The second-order valence-corrected chi connectivity index (χ2v) is 11.3. The smallest absolute Gasteiger partial charge is 0.233 e. The highest BCUT2D eigenvalue weighted by molar-refractivity contribution is 7.15. The Hall–Kier alpha value is -4.18. The maximum absolute atomic E-state index is 12.7. The number of amides is 3. The summed E-state index contributed by atoms with van der Waals surface area (Å²) in [5.74, 6) is -0.0146. The molecule has 40 heavy (non-hydrogen) atoms. The Balaban J connectivity index is 1.41. The average Bonchev–Trinajstić information content (AvgIpc) is 3.35. The lowest BCUT2D eigenvalue weighted by Crippen LogP contribution is -2.40. The second kappa shape index (κ2) is 12.8. The second-order valence-electron chi connectivity index (χ2n) is 9.99. The molecule has 2 aromatic carbocycles. The number of nitrogens with zero attached hydrogens (tertiary/aromatic N) is 1. The molecule has 1 fully saturated rings. The van der Waals surface area contributed by atoms with Crippen LogP contribution >= 0.6 is 11.3 Å². The number of benzene rings is 2. The summed E-state index contributed by atoms with van der Waals surface area (Å²) < 4.78 is 6.43. The van der Waals surface area contributed by atoms with Gasteiger partial charge in [-0.15, -0.1) is 11.3 Å². The summed E-state index contributed by atoms with van der Waals surface area (Å²) >= 11 is 1.68. The SMILES string of the molecule is CC(=O)N1CCC(Oc2ccc(C(C)NC(=O)CC(=O)Nc3ccc(C(=N)N)cc3)cc2-c2ccc(C)s2)CC1. The number of piperidine rings is 1. The molecule has 1 unspecified atom stereocenters. The molecule has 5 N–H and O–H groups in total. The first-order chi connectivity index (χ1) is 19.1. The third kappa shape index (κ3) is 7.47. The van der Waals surface area contributed by atoms with Gasteiger partial charge in [-0.3, -0.25) is 19.8 Å². The third-order valence-electron chi connectivity index (χ3n) is 6.87. The molecule has 3 amide bonds. The van der Waals surface area contributed by atoms with Crippen molar-refractivity contribution in [1.82, 2.24) is 10.2 Å². The Labute approximate surface area is 238 Å². The maximum Gasteiger partial charge on any atom is 0.233 e. The van der Waals surface area contributed by atoms with Crippen molar-refractivity contribution < 1.29 is 19.1 Å². The Morgan fingerprint density at radius 3 is 2.38 bits per heavy atom. The van der Waals surface area contributed by atoms with E-state index >= 15 is 0 Å². The van der Waals surface area contributed by atoms with Gasteiger partial charge in [0.1, 0.15) is 24.1 Å². The molecule has 1 saturated heterocycles. The maximum atomic E-state index is 12.7. The Bertz CT molecular complexity index is 1390. The summed E-state index contributed by atoms with van der Waals surface area (Å²) in [5, 5.41) is 13.1. The molecule has 2 heterocycles. The fraction of sp³-hybridized carbons (Fsp3) is 0.333. The van der Waals surface area contributed by atoms with Crippen LogP contribution in [0.5, 0.6) is 5.75 Å². The van der Waals surface area contributed by atoms with Gasteiger partial charge in [0, 0.05) is 59.4 Å². The first-order valence-corrected chi connectivity index (χ1v) is 14.1. The highest BCUT2D eigenvalue weighted by Gasteiger charge is 2.24. The number of nitrogens with one attached hydrogen (secondary N) is 3. The van der Waals surface area contributed by atoms with E-state index in [1.807, 2.05) is 30.0 Å². The number of thiophene rings is 1. The number of amidine groups is 1. The summed E-state index contributed by atoms with van der Waals surface area (Å²) in [6.45, 7) is 6.91. The van der Waals surface area contributed by atoms with Crippen molar-refractivity contribution in [1.29, 1.82) is 5.41 Å². The summed E-state index contributed by atoms with van der Waals surface area (Å²) in [4.78, 5) is 40.9. The molecule has 1 aliphatic rings. The molecule has 0 aliphatic carbocycles. The number of rotatable bonds is 9. The van der Waals surface area contributed by atoms with Crippen molar-refractivity contribution in [3.05, 3.63) is 70.6 Å². The van der Waals surface area contributed by atoms with Crippen molar-refractivity contribution in [2.45, 2.75) is 52.2 Å². The van der Waals surface area contributed by atoms with Crippen LogP contribution in [0.4, 0.5) is 5.69 Å². The molecule has 0 saturated carbocycles. The van der Waals surface area contributed by atoms with Gasteiger partial charge in [-0.05, 0) is 67.9 Å². The number of aryl methyl sites for hydroxylation is 1.